The molecule has 0 aliphatic heterocycles. The second-order valence-electron chi connectivity index (χ2n) is 14.4. The predicted octanol–water partition coefficient (Wildman–Crippen LogP) is 7.93. The Bertz CT molecular complexity index is 1210. The molecular weight excluding hydrogens is 538 g/mol. The maximum absolute atomic E-state index is 12.6. The maximum Gasteiger partial charge on any atom is 0.305 e. The molecule has 6 heteroatoms. The highest BCUT2D eigenvalue weighted by atomic mass is 16.5. The van der Waals surface area contributed by atoms with Crippen LogP contribution in [0.4, 0.5) is 0 Å². The van der Waals surface area contributed by atoms with Crippen LogP contribution in [0.2, 0.25) is 0 Å². The van der Waals surface area contributed by atoms with Crippen LogP contribution in [-0.4, -0.2) is 39.5 Å². The van der Waals surface area contributed by atoms with E-state index in [0.29, 0.717) is 37.0 Å². The minimum absolute atomic E-state index is 0.133. The molecule has 238 valence electrons. The largest absolute Gasteiger partial charge is 0.461 e. The number of aromatic nitrogens is 1. The molecule has 4 saturated carbocycles. The molecule has 4 fully saturated rings. The molecule has 1 aromatic rings. The molecule has 7 atom stereocenters. The van der Waals surface area contributed by atoms with Crippen molar-refractivity contribution in [3.05, 3.63) is 53.3 Å². The van der Waals surface area contributed by atoms with Crippen LogP contribution < -0.4 is 0 Å². The predicted molar refractivity (Wildman–Crippen MR) is 169 cm³/mol. The minimum atomic E-state index is -0.649. The van der Waals surface area contributed by atoms with Crippen molar-refractivity contribution in [2.75, 3.05) is 0 Å². The van der Waals surface area contributed by atoms with Gasteiger partial charge in [0.15, 0.2) is 0 Å². The van der Waals surface area contributed by atoms with Crippen molar-refractivity contribution < 1.29 is 24.2 Å². The molecule has 1 heterocycles. The van der Waals surface area contributed by atoms with E-state index in [1.165, 1.54) is 31.3 Å². The van der Waals surface area contributed by atoms with E-state index in [2.05, 4.69) is 39.5 Å². The van der Waals surface area contributed by atoms with Crippen molar-refractivity contribution in [2.24, 2.45) is 23.2 Å². The number of carbonyl (C=O) groups excluding carboxylic acids is 1. The van der Waals surface area contributed by atoms with Gasteiger partial charge in [-0.3, -0.25) is 4.79 Å². The van der Waals surface area contributed by atoms with Crippen molar-refractivity contribution in [3.63, 3.8) is 0 Å². The number of hydrogen-bond acceptors (Lipinski definition) is 6. The molecule has 1 aromatic heterocycles. The number of oxazole rings is 1. The molecule has 0 radical (unpaired) electrons. The fraction of sp³-hybridized carbons (Fsp3) is 0.730. The second-order valence-corrected chi connectivity index (χ2v) is 14.4. The third kappa shape index (κ3) is 6.76. The lowest BCUT2D eigenvalue weighted by molar-refractivity contribution is -0.151. The van der Waals surface area contributed by atoms with Gasteiger partial charge in [0.1, 0.15) is 11.9 Å². The number of carbonyl (C=O) groups is 1. The van der Waals surface area contributed by atoms with Crippen LogP contribution in [0, 0.1) is 23.2 Å². The molecule has 43 heavy (non-hydrogen) atoms. The van der Waals surface area contributed by atoms with Crippen molar-refractivity contribution in [2.45, 2.75) is 148 Å². The van der Waals surface area contributed by atoms with E-state index in [-0.39, 0.29) is 22.9 Å². The van der Waals surface area contributed by atoms with E-state index in [4.69, 9.17) is 14.1 Å². The van der Waals surface area contributed by atoms with E-state index in [1.807, 2.05) is 13.1 Å². The Labute approximate surface area is 259 Å². The Hall–Kier alpha value is -2.18. The molecule has 2 N–H and O–H groups in total. The van der Waals surface area contributed by atoms with Gasteiger partial charge in [0.25, 0.3) is 0 Å². The van der Waals surface area contributed by atoms with Gasteiger partial charge in [-0.2, -0.15) is 0 Å². The highest BCUT2D eigenvalue weighted by Crippen LogP contribution is 2.60. The summed E-state index contributed by atoms with van der Waals surface area (Å²) in [7, 11) is 0. The average Bonchev–Trinajstić information content (AvgIpc) is 3.50. The Morgan fingerprint density at radius 1 is 1.21 bits per heavy atom. The van der Waals surface area contributed by atoms with Gasteiger partial charge in [0.2, 0.25) is 5.89 Å². The van der Waals surface area contributed by atoms with Crippen molar-refractivity contribution in [1.29, 1.82) is 0 Å². The van der Waals surface area contributed by atoms with Gasteiger partial charge >= 0.3 is 5.97 Å². The van der Waals surface area contributed by atoms with Crippen LogP contribution in [-0.2, 0) is 21.4 Å². The number of aliphatic hydroxyl groups excluding tert-OH is 2. The first-order valence-electron chi connectivity index (χ1n) is 17.2. The fourth-order valence-electron chi connectivity index (χ4n) is 8.80. The number of allylic oxidation sites excluding steroid dienone is 3. The van der Waals surface area contributed by atoms with Crippen LogP contribution in [0.25, 0.3) is 0 Å². The highest BCUT2D eigenvalue weighted by Gasteiger charge is 2.57. The summed E-state index contributed by atoms with van der Waals surface area (Å²) in [6.45, 7) is 13.1. The normalized spacial score (nSPS) is 33.4. The minimum Gasteiger partial charge on any atom is -0.461 e. The lowest BCUT2D eigenvalue weighted by atomic mass is 9.60. The average molecular weight is 594 g/mol. The molecular formula is C37H55NO5. The SMILES string of the molecule is C=C1/C(=C\C=C2/CCC[C@]3(C)[C@@H]([C@H](C)CC[C@H](OC(=O)CC)C4(c5ncc(CCCC)o5)CC4)CC[C@@H]23)C[C@@H](O)C[C@@H]1O. The van der Waals surface area contributed by atoms with Crippen molar-refractivity contribution >= 4 is 5.97 Å². The van der Waals surface area contributed by atoms with E-state index < -0.39 is 12.2 Å². The maximum atomic E-state index is 12.6. The summed E-state index contributed by atoms with van der Waals surface area (Å²) < 4.78 is 12.4. The third-order valence-corrected chi connectivity index (χ3v) is 11.6. The number of esters is 1. The van der Waals surface area contributed by atoms with Gasteiger partial charge in [-0.15, -0.1) is 0 Å². The van der Waals surface area contributed by atoms with Gasteiger partial charge in [-0.1, -0.05) is 58.4 Å². The number of rotatable bonds is 12. The van der Waals surface area contributed by atoms with Gasteiger partial charge in [0.05, 0.1) is 23.8 Å². The molecule has 4 aliphatic carbocycles. The zero-order chi connectivity index (χ0) is 30.8. The van der Waals surface area contributed by atoms with Gasteiger partial charge in [-0.25, -0.2) is 4.98 Å². The molecule has 0 bridgehead atoms. The molecule has 0 amide bonds. The first-order chi connectivity index (χ1) is 20.6. The summed E-state index contributed by atoms with van der Waals surface area (Å²) in [5.74, 6) is 3.30. The molecule has 0 unspecified atom stereocenters. The molecule has 5 rings (SSSR count). The van der Waals surface area contributed by atoms with Crippen LogP contribution in [0.5, 0.6) is 0 Å². The first kappa shape index (κ1) is 32.2. The van der Waals surface area contributed by atoms with E-state index in [0.717, 1.165) is 74.2 Å². The zero-order valence-corrected chi connectivity index (χ0v) is 27.1. The lowest BCUT2D eigenvalue weighted by Crippen LogP contribution is -2.37. The fourth-order valence-corrected chi connectivity index (χ4v) is 8.80. The van der Waals surface area contributed by atoms with E-state index >= 15 is 0 Å². The highest BCUT2D eigenvalue weighted by molar-refractivity contribution is 5.69. The monoisotopic (exact) mass is 593 g/mol. The summed E-state index contributed by atoms with van der Waals surface area (Å²) in [6, 6.07) is 0. The summed E-state index contributed by atoms with van der Waals surface area (Å²) in [4.78, 5) is 17.3. The molecule has 0 aromatic carbocycles. The number of aryl methyl sites for hydroxylation is 1. The van der Waals surface area contributed by atoms with Gasteiger partial charge < -0.3 is 19.4 Å². The molecule has 0 saturated heterocycles. The molecule has 0 spiro atoms. The van der Waals surface area contributed by atoms with E-state index in [9.17, 15) is 15.0 Å². The third-order valence-electron chi connectivity index (χ3n) is 11.6. The number of hydrogen-bond donors (Lipinski definition) is 2. The number of unbranched alkanes of at least 4 members (excludes halogenated alkanes) is 1. The van der Waals surface area contributed by atoms with Crippen LogP contribution in [0.15, 0.2) is 46.1 Å². The summed E-state index contributed by atoms with van der Waals surface area (Å²) >= 11 is 0. The summed E-state index contributed by atoms with van der Waals surface area (Å²) in [6.07, 6.45) is 19.2. The molecule has 6 nitrogen and oxygen atoms in total. The number of ether oxygens (including phenoxy) is 1. The van der Waals surface area contributed by atoms with Crippen LogP contribution in [0.1, 0.15) is 129 Å². The second kappa shape index (κ2) is 13.4. The van der Waals surface area contributed by atoms with E-state index in [1.54, 1.807) is 0 Å². The smallest absolute Gasteiger partial charge is 0.305 e. The Kier molecular flexibility index (Phi) is 10.1. The summed E-state index contributed by atoms with van der Waals surface area (Å²) in [5.41, 5.74) is 3.25. The van der Waals surface area contributed by atoms with Gasteiger partial charge in [-0.05, 0) is 105 Å². The zero-order valence-electron chi connectivity index (χ0n) is 27.1. The number of nitrogens with zero attached hydrogens (tertiary/aromatic N) is 1. The first-order valence-corrected chi connectivity index (χ1v) is 17.2. The topological polar surface area (TPSA) is 92.8 Å². The summed E-state index contributed by atoms with van der Waals surface area (Å²) in [5, 5.41) is 20.5. The standard InChI is InChI=1S/C37H55NO5/c1-6-8-11-29-23-38-35(42-29)37(19-20-37)33(43-34(41)7-2)17-12-24(3)30-15-16-31-26(10-9-18-36(30,31)5)13-14-27-21-28(39)22-32(40)25(27)4/h13-14,23-24,28,30-33,39-40H,4,6-12,15-22H2,1-3,5H3/b26-13+,27-14-/t24-,28-,30-,31+,32+,33+,36-/m1/s1. The Balaban J connectivity index is 1.27. The van der Waals surface area contributed by atoms with Crippen molar-refractivity contribution in [3.8, 4) is 0 Å². The Morgan fingerprint density at radius 2 is 2.00 bits per heavy atom. The quantitative estimate of drug-likeness (QED) is 0.239. The van der Waals surface area contributed by atoms with Crippen molar-refractivity contribution in [1.82, 2.24) is 4.98 Å². The lowest BCUT2D eigenvalue weighted by Gasteiger charge is -2.44. The van der Waals surface area contributed by atoms with Gasteiger partial charge in [0, 0.05) is 19.3 Å². The van der Waals surface area contributed by atoms with Crippen LogP contribution >= 0.6 is 0 Å². The Morgan fingerprint density at radius 3 is 2.72 bits per heavy atom. The van der Waals surface area contributed by atoms with Crippen LogP contribution in [0.3, 0.4) is 0 Å². The number of aliphatic hydroxyl groups is 2. The number of fused-ring (bicyclic) bond motifs is 1. The molecule has 4 aliphatic rings.